The first-order chi connectivity index (χ1) is 8.92. The molecule has 0 aromatic carbocycles. The van der Waals surface area contributed by atoms with Crippen LogP contribution in [0.25, 0.3) is 0 Å². The van der Waals surface area contributed by atoms with Gasteiger partial charge in [-0.25, -0.2) is 4.63 Å². The maximum Gasteiger partial charge on any atom is 0.226 e. The lowest BCUT2D eigenvalue weighted by molar-refractivity contribution is -0.121. The number of amides is 1. The molecule has 0 radical (unpaired) electrons. The van der Waals surface area contributed by atoms with Crippen molar-refractivity contribution < 1.29 is 9.42 Å². The lowest BCUT2D eigenvalue weighted by Crippen LogP contribution is -2.45. The number of carbonyl (C=O) groups excluding carboxylic acids is 1. The van der Waals surface area contributed by atoms with Crippen LogP contribution in [0.1, 0.15) is 32.2 Å². The molecule has 0 spiro atoms. The molecular formula is C13H22N4O2. The number of carbonyl (C=O) groups is 1. The summed E-state index contributed by atoms with van der Waals surface area (Å²) in [4.78, 5) is 14.4. The van der Waals surface area contributed by atoms with Gasteiger partial charge in [0.2, 0.25) is 5.91 Å². The Kier molecular flexibility index (Phi) is 3.89. The minimum Gasteiger partial charge on any atom is -0.351 e. The monoisotopic (exact) mass is 266 g/mol. The number of nitrogens with one attached hydrogen (secondary N) is 1. The molecule has 1 aromatic heterocycles. The van der Waals surface area contributed by atoms with Crippen molar-refractivity contribution in [3.8, 4) is 0 Å². The maximum atomic E-state index is 12.1. The van der Waals surface area contributed by atoms with Crippen molar-refractivity contribution in [2.24, 2.45) is 5.41 Å². The normalized spacial score (nSPS) is 22.6. The molecule has 1 saturated heterocycles. The number of aryl methyl sites for hydroxylation is 1. The van der Waals surface area contributed by atoms with Crippen LogP contribution in [-0.2, 0) is 11.2 Å². The van der Waals surface area contributed by atoms with Crippen LogP contribution >= 0.6 is 0 Å². The number of hydrogen-bond donors (Lipinski definition) is 1. The van der Waals surface area contributed by atoms with Gasteiger partial charge in [-0.15, -0.1) is 0 Å². The summed E-state index contributed by atoms with van der Waals surface area (Å²) < 4.78 is 4.60. The van der Waals surface area contributed by atoms with Crippen LogP contribution in [0, 0.1) is 12.3 Å². The van der Waals surface area contributed by atoms with Crippen LogP contribution in [0.4, 0.5) is 0 Å². The number of aromatic nitrogens is 2. The first kappa shape index (κ1) is 14.0. The molecule has 106 valence electrons. The van der Waals surface area contributed by atoms with Crippen LogP contribution in [0.15, 0.2) is 4.63 Å². The van der Waals surface area contributed by atoms with E-state index in [1.807, 2.05) is 0 Å². The fourth-order valence-electron chi connectivity index (χ4n) is 2.55. The van der Waals surface area contributed by atoms with Crippen LogP contribution in [0.2, 0.25) is 0 Å². The number of likely N-dealkylation sites (N-methyl/N-ethyl adjacent to an activating group) is 1. The first-order valence-corrected chi connectivity index (χ1v) is 6.72. The first-order valence-electron chi connectivity index (χ1n) is 6.72. The molecule has 1 aliphatic rings. The fourth-order valence-corrected chi connectivity index (χ4v) is 2.55. The Hall–Kier alpha value is -1.43. The van der Waals surface area contributed by atoms with Gasteiger partial charge in [0.05, 0.1) is 6.42 Å². The van der Waals surface area contributed by atoms with E-state index in [1.165, 1.54) is 0 Å². The van der Waals surface area contributed by atoms with Crippen molar-refractivity contribution in [1.29, 1.82) is 0 Å². The molecule has 2 heterocycles. The van der Waals surface area contributed by atoms with Gasteiger partial charge in [0.15, 0.2) is 0 Å². The third kappa shape index (κ3) is 3.12. The molecule has 0 aliphatic carbocycles. The van der Waals surface area contributed by atoms with E-state index in [0.29, 0.717) is 11.4 Å². The summed E-state index contributed by atoms with van der Waals surface area (Å²) in [5.74, 6) is -0.0187. The molecule has 1 fully saturated rings. The Labute approximate surface area is 113 Å². The Morgan fingerprint density at radius 1 is 1.53 bits per heavy atom. The number of rotatable bonds is 4. The molecule has 0 bridgehead atoms. The van der Waals surface area contributed by atoms with Crippen molar-refractivity contribution in [3.05, 3.63) is 11.4 Å². The summed E-state index contributed by atoms with van der Waals surface area (Å²) in [5.41, 5.74) is 1.39. The van der Waals surface area contributed by atoms with E-state index in [-0.39, 0.29) is 23.8 Å². The fraction of sp³-hybridized carbons (Fsp3) is 0.769. The van der Waals surface area contributed by atoms with E-state index in [4.69, 9.17) is 0 Å². The largest absolute Gasteiger partial charge is 0.351 e. The van der Waals surface area contributed by atoms with Gasteiger partial charge in [-0.2, -0.15) is 0 Å². The second-order valence-corrected chi connectivity index (χ2v) is 5.91. The highest BCUT2D eigenvalue weighted by Crippen LogP contribution is 2.29. The molecule has 1 unspecified atom stereocenters. The van der Waals surface area contributed by atoms with Crippen LogP contribution in [0.5, 0.6) is 0 Å². The Morgan fingerprint density at radius 3 is 2.79 bits per heavy atom. The molecule has 6 heteroatoms. The second kappa shape index (κ2) is 5.28. The van der Waals surface area contributed by atoms with Crippen molar-refractivity contribution in [2.75, 3.05) is 19.6 Å². The van der Waals surface area contributed by atoms with Gasteiger partial charge in [-0.3, -0.25) is 4.79 Å². The predicted molar refractivity (Wildman–Crippen MR) is 70.6 cm³/mol. The van der Waals surface area contributed by atoms with E-state index in [9.17, 15) is 4.79 Å². The third-order valence-corrected chi connectivity index (χ3v) is 3.87. The van der Waals surface area contributed by atoms with Crippen LogP contribution < -0.4 is 5.32 Å². The van der Waals surface area contributed by atoms with Crippen molar-refractivity contribution in [1.82, 2.24) is 20.5 Å². The van der Waals surface area contributed by atoms with Crippen molar-refractivity contribution in [3.63, 3.8) is 0 Å². The topological polar surface area (TPSA) is 71.3 Å². The van der Waals surface area contributed by atoms with E-state index >= 15 is 0 Å². The summed E-state index contributed by atoms with van der Waals surface area (Å²) in [6, 6.07) is 0.181. The van der Waals surface area contributed by atoms with Crippen molar-refractivity contribution >= 4 is 5.91 Å². The van der Waals surface area contributed by atoms with E-state index < -0.39 is 0 Å². The van der Waals surface area contributed by atoms with Gasteiger partial charge in [-0.1, -0.05) is 31.1 Å². The summed E-state index contributed by atoms with van der Waals surface area (Å²) in [6.07, 6.45) is 0.230. The van der Waals surface area contributed by atoms with Gasteiger partial charge in [0.25, 0.3) is 0 Å². The quantitative estimate of drug-likeness (QED) is 0.871. The zero-order valence-electron chi connectivity index (χ0n) is 12.1. The molecular weight excluding hydrogens is 244 g/mol. The maximum absolute atomic E-state index is 12.1. The Morgan fingerprint density at radius 2 is 2.26 bits per heavy atom. The van der Waals surface area contributed by atoms with Gasteiger partial charge in [-0.05, 0) is 18.9 Å². The molecule has 6 nitrogen and oxygen atoms in total. The standard InChI is InChI=1S/C13H22N4O2/c1-5-17-7-11(13(3,4)8-17)14-12(18)6-10-9(2)15-19-16-10/h11H,5-8H2,1-4H3,(H,14,18). The molecule has 1 amide bonds. The third-order valence-electron chi connectivity index (χ3n) is 3.87. The molecule has 19 heavy (non-hydrogen) atoms. The number of nitrogens with zero attached hydrogens (tertiary/aromatic N) is 3. The van der Waals surface area contributed by atoms with Gasteiger partial charge in [0, 0.05) is 19.1 Å². The highest BCUT2D eigenvalue weighted by Gasteiger charge is 2.39. The van der Waals surface area contributed by atoms with E-state index in [2.05, 4.69) is 45.9 Å². The van der Waals surface area contributed by atoms with Gasteiger partial charge < -0.3 is 10.2 Å². The Balaban J connectivity index is 1.94. The molecule has 1 atom stereocenters. The number of likely N-dealkylation sites (tertiary alicyclic amines) is 1. The van der Waals surface area contributed by atoms with E-state index in [1.54, 1.807) is 6.92 Å². The molecule has 1 N–H and O–H groups in total. The summed E-state index contributed by atoms with van der Waals surface area (Å²) in [7, 11) is 0. The smallest absolute Gasteiger partial charge is 0.226 e. The highest BCUT2D eigenvalue weighted by atomic mass is 16.6. The predicted octanol–water partition coefficient (Wildman–Crippen LogP) is 0.767. The zero-order valence-corrected chi connectivity index (χ0v) is 12.1. The Bertz CT molecular complexity index is 455. The van der Waals surface area contributed by atoms with E-state index in [0.717, 1.165) is 19.6 Å². The van der Waals surface area contributed by atoms with Crippen molar-refractivity contribution in [2.45, 2.75) is 40.2 Å². The molecule has 1 aliphatic heterocycles. The lowest BCUT2D eigenvalue weighted by Gasteiger charge is -2.26. The average Bonchev–Trinajstić information content (AvgIpc) is 2.84. The van der Waals surface area contributed by atoms with Crippen LogP contribution in [-0.4, -0.2) is 46.8 Å². The summed E-state index contributed by atoms with van der Waals surface area (Å²) in [6.45, 7) is 11.3. The molecule has 0 saturated carbocycles. The summed E-state index contributed by atoms with van der Waals surface area (Å²) in [5, 5.41) is 10.5. The highest BCUT2D eigenvalue weighted by molar-refractivity contribution is 5.78. The summed E-state index contributed by atoms with van der Waals surface area (Å²) >= 11 is 0. The SMILES string of the molecule is CCN1CC(NC(=O)Cc2nonc2C)C(C)(C)C1. The van der Waals surface area contributed by atoms with Crippen LogP contribution in [0.3, 0.4) is 0 Å². The van der Waals surface area contributed by atoms with Gasteiger partial charge >= 0.3 is 0 Å². The minimum absolute atomic E-state index is 0.0187. The second-order valence-electron chi connectivity index (χ2n) is 5.91. The molecule has 2 rings (SSSR count). The molecule has 1 aromatic rings. The zero-order chi connectivity index (χ0) is 14.0. The lowest BCUT2D eigenvalue weighted by atomic mass is 9.88. The number of hydrogen-bond acceptors (Lipinski definition) is 5. The van der Waals surface area contributed by atoms with Gasteiger partial charge in [0.1, 0.15) is 11.4 Å². The average molecular weight is 266 g/mol. The minimum atomic E-state index is -0.0187.